The highest BCUT2D eigenvalue weighted by molar-refractivity contribution is 4.90. The van der Waals surface area contributed by atoms with Crippen LogP contribution < -0.4 is 5.73 Å². The van der Waals surface area contributed by atoms with Crippen molar-refractivity contribution < 1.29 is 0 Å². The van der Waals surface area contributed by atoms with Gasteiger partial charge in [0.25, 0.3) is 0 Å². The highest BCUT2D eigenvalue weighted by Gasteiger charge is 2.33. The molecule has 2 N–H and O–H groups in total. The lowest BCUT2D eigenvalue weighted by Gasteiger charge is -2.47. The largest absolute Gasteiger partial charge is 0.329 e. The summed E-state index contributed by atoms with van der Waals surface area (Å²) in [5.41, 5.74) is 5.98. The van der Waals surface area contributed by atoms with Crippen LogP contribution in [-0.4, -0.2) is 54.6 Å². The molecule has 1 saturated carbocycles. The SMILES string of the molecule is CC1CN(C2CCCCCC2)C(CN)CN1C. The third-order valence-corrected chi connectivity index (χ3v) is 4.76. The maximum atomic E-state index is 5.98. The molecule has 0 bridgehead atoms. The normalized spacial score (nSPS) is 34.8. The van der Waals surface area contributed by atoms with Crippen LogP contribution in [0, 0.1) is 0 Å². The fourth-order valence-electron chi connectivity index (χ4n) is 3.46. The van der Waals surface area contributed by atoms with Crippen LogP contribution in [0.4, 0.5) is 0 Å². The lowest BCUT2D eigenvalue weighted by atomic mass is 10.00. The first-order chi connectivity index (χ1) is 8.22. The highest BCUT2D eigenvalue weighted by atomic mass is 15.3. The highest BCUT2D eigenvalue weighted by Crippen LogP contribution is 2.26. The van der Waals surface area contributed by atoms with Crippen molar-refractivity contribution in [1.82, 2.24) is 9.80 Å². The van der Waals surface area contributed by atoms with Crippen LogP contribution in [-0.2, 0) is 0 Å². The van der Waals surface area contributed by atoms with E-state index in [1.54, 1.807) is 0 Å². The first-order valence-corrected chi connectivity index (χ1v) is 7.38. The summed E-state index contributed by atoms with van der Waals surface area (Å²) in [4.78, 5) is 5.20. The van der Waals surface area contributed by atoms with E-state index in [1.807, 2.05) is 0 Å². The van der Waals surface area contributed by atoms with Crippen molar-refractivity contribution in [2.45, 2.75) is 63.6 Å². The van der Waals surface area contributed by atoms with E-state index < -0.39 is 0 Å². The molecule has 17 heavy (non-hydrogen) atoms. The maximum absolute atomic E-state index is 5.98. The lowest BCUT2D eigenvalue weighted by molar-refractivity contribution is 0.0193. The van der Waals surface area contributed by atoms with E-state index in [4.69, 9.17) is 5.73 Å². The Morgan fingerprint density at radius 1 is 1.06 bits per heavy atom. The Morgan fingerprint density at radius 3 is 2.29 bits per heavy atom. The number of nitrogens with two attached hydrogens (primary N) is 1. The molecule has 2 rings (SSSR count). The summed E-state index contributed by atoms with van der Waals surface area (Å²) in [7, 11) is 2.23. The van der Waals surface area contributed by atoms with E-state index in [2.05, 4.69) is 23.8 Å². The van der Waals surface area contributed by atoms with Crippen LogP contribution in [0.5, 0.6) is 0 Å². The standard InChI is InChI=1S/C14H29N3/c1-12-10-17(14(9-15)11-16(12)2)13-7-5-3-4-6-8-13/h12-14H,3-11,15H2,1-2H3. The zero-order valence-corrected chi connectivity index (χ0v) is 11.6. The summed E-state index contributed by atoms with van der Waals surface area (Å²) in [6, 6.07) is 2.07. The van der Waals surface area contributed by atoms with Gasteiger partial charge in [-0.1, -0.05) is 25.7 Å². The zero-order chi connectivity index (χ0) is 12.3. The lowest BCUT2D eigenvalue weighted by Crippen LogP contribution is -2.61. The fourth-order valence-corrected chi connectivity index (χ4v) is 3.46. The molecular formula is C14H29N3. The third kappa shape index (κ3) is 3.21. The number of hydrogen-bond acceptors (Lipinski definition) is 3. The van der Waals surface area contributed by atoms with Gasteiger partial charge >= 0.3 is 0 Å². The monoisotopic (exact) mass is 239 g/mol. The molecule has 0 amide bonds. The van der Waals surface area contributed by atoms with Crippen molar-refractivity contribution in [3.05, 3.63) is 0 Å². The number of likely N-dealkylation sites (N-methyl/N-ethyl adjacent to an activating group) is 1. The Kier molecular flexibility index (Phi) is 4.83. The summed E-state index contributed by atoms with van der Waals surface area (Å²) in [6.07, 6.45) is 8.51. The van der Waals surface area contributed by atoms with Gasteiger partial charge in [-0.05, 0) is 26.8 Å². The molecule has 0 aromatic heterocycles. The molecule has 100 valence electrons. The Hall–Kier alpha value is -0.120. The minimum absolute atomic E-state index is 0.583. The molecule has 1 heterocycles. The van der Waals surface area contributed by atoms with Gasteiger partial charge in [0.2, 0.25) is 0 Å². The van der Waals surface area contributed by atoms with E-state index in [0.29, 0.717) is 12.1 Å². The van der Waals surface area contributed by atoms with Crippen LogP contribution in [0.15, 0.2) is 0 Å². The van der Waals surface area contributed by atoms with E-state index in [-0.39, 0.29) is 0 Å². The quantitative estimate of drug-likeness (QED) is 0.744. The molecule has 3 nitrogen and oxygen atoms in total. The van der Waals surface area contributed by atoms with Crippen molar-refractivity contribution in [3.63, 3.8) is 0 Å². The molecule has 2 unspecified atom stereocenters. The van der Waals surface area contributed by atoms with Crippen LogP contribution in [0.3, 0.4) is 0 Å². The fraction of sp³-hybridized carbons (Fsp3) is 1.00. The molecule has 0 radical (unpaired) electrons. The van der Waals surface area contributed by atoms with Crippen LogP contribution in [0.2, 0.25) is 0 Å². The van der Waals surface area contributed by atoms with Gasteiger partial charge in [0.15, 0.2) is 0 Å². The van der Waals surface area contributed by atoms with Gasteiger partial charge in [-0.25, -0.2) is 0 Å². The van der Waals surface area contributed by atoms with Gasteiger partial charge < -0.3 is 10.6 Å². The molecule has 2 aliphatic rings. The van der Waals surface area contributed by atoms with Gasteiger partial charge in [0.05, 0.1) is 0 Å². The second-order valence-electron chi connectivity index (χ2n) is 6.02. The average molecular weight is 239 g/mol. The number of piperazine rings is 1. The Labute approximate surface area is 106 Å². The van der Waals surface area contributed by atoms with Gasteiger partial charge in [-0.3, -0.25) is 4.90 Å². The molecule has 1 aliphatic carbocycles. The minimum Gasteiger partial charge on any atom is -0.329 e. The van der Waals surface area contributed by atoms with Crippen LogP contribution in [0.1, 0.15) is 45.4 Å². The molecule has 1 saturated heterocycles. The smallest absolute Gasteiger partial charge is 0.0349 e. The first-order valence-electron chi connectivity index (χ1n) is 7.38. The molecule has 0 aromatic rings. The van der Waals surface area contributed by atoms with Crippen molar-refractivity contribution in [3.8, 4) is 0 Å². The summed E-state index contributed by atoms with van der Waals surface area (Å²) < 4.78 is 0. The van der Waals surface area contributed by atoms with E-state index in [0.717, 1.165) is 19.1 Å². The van der Waals surface area contributed by atoms with Crippen LogP contribution >= 0.6 is 0 Å². The molecule has 3 heteroatoms. The predicted octanol–water partition coefficient (Wildman–Crippen LogP) is 1.67. The maximum Gasteiger partial charge on any atom is 0.0349 e. The number of hydrogen-bond donors (Lipinski definition) is 1. The molecule has 0 aromatic carbocycles. The summed E-state index contributed by atoms with van der Waals surface area (Å²) in [5.74, 6) is 0. The second-order valence-corrected chi connectivity index (χ2v) is 6.02. The summed E-state index contributed by atoms with van der Waals surface area (Å²) in [5, 5.41) is 0. The van der Waals surface area contributed by atoms with Crippen molar-refractivity contribution in [2.75, 3.05) is 26.7 Å². The third-order valence-electron chi connectivity index (χ3n) is 4.76. The average Bonchev–Trinajstić information content (AvgIpc) is 2.60. The van der Waals surface area contributed by atoms with Crippen LogP contribution in [0.25, 0.3) is 0 Å². The topological polar surface area (TPSA) is 32.5 Å². The van der Waals surface area contributed by atoms with E-state index >= 15 is 0 Å². The van der Waals surface area contributed by atoms with Gasteiger partial charge in [-0.2, -0.15) is 0 Å². The molecule has 2 atom stereocenters. The Bertz CT molecular complexity index is 224. The molecule has 1 aliphatic heterocycles. The number of nitrogens with zero attached hydrogens (tertiary/aromatic N) is 2. The Morgan fingerprint density at radius 2 is 1.71 bits per heavy atom. The second kappa shape index (κ2) is 6.17. The van der Waals surface area contributed by atoms with E-state index in [1.165, 1.54) is 45.1 Å². The molecule has 2 fully saturated rings. The van der Waals surface area contributed by atoms with E-state index in [9.17, 15) is 0 Å². The van der Waals surface area contributed by atoms with Gasteiger partial charge in [-0.15, -0.1) is 0 Å². The van der Waals surface area contributed by atoms with Crippen molar-refractivity contribution in [1.29, 1.82) is 0 Å². The Balaban J connectivity index is 2.00. The number of rotatable bonds is 2. The summed E-state index contributed by atoms with van der Waals surface area (Å²) in [6.45, 7) is 5.52. The minimum atomic E-state index is 0.583. The van der Waals surface area contributed by atoms with Crippen molar-refractivity contribution >= 4 is 0 Å². The summed E-state index contributed by atoms with van der Waals surface area (Å²) >= 11 is 0. The first kappa shape index (κ1) is 13.3. The molecule has 0 spiro atoms. The zero-order valence-electron chi connectivity index (χ0n) is 11.6. The van der Waals surface area contributed by atoms with Gasteiger partial charge in [0, 0.05) is 37.8 Å². The predicted molar refractivity (Wildman–Crippen MR) is 73.1 cm³/mol. The molecular weight excluding hydrogens is 210 g/mol. The van der Waals surface area contributed by atoms with Gasteiger partial charge in [0.1, 0.15) is 0 Å². The van der Waals surface area contributed by atoms with Crippen molar-refractivity contribution in [2.24, 2.45) is 5.73 Å².